The van der Waals surface area contributed by atoms with Gasteiger partial charge in [-0.25, -0.2) is 0 Å². The summed E-state index contributed by atoms with van der Waals surface area (Å²) in [6, 6.07) is 0. The molecule has 62 valence electrons. The summed E-state index contributed by atoms with van der Waals surface area (Å²) in [6.45, 7) is 1.96. The summed E-state index contributed by atoms with van der Waals surface area (Å²) in [5, 5.41) is 0. The predicted molar refractivity (Wildman–Crippen MR) is 46.5 cm³/mol. The highest BCUT2D eigenvalue weighted by Crippen LogP contribution is 2.52. The second kappa shape index (κ2) is 1.90. The van der Waals surface area contributed by atoms with Crippen LogP contribution in [0.4, 0.5) is 0 Å². The van der Waals surface area contributed by atoms with Crippen LogP contribution < -0.4 is 0 Å². The first kappa shape index (κ1) is 6.64. The largest absolute Gasteiger partial charge is 0.294 e. The van der Waals surface area contributed by atoms with Crippen molar-refractivity contribution in [3.05, 3.63) is 23.8 Å². The quantitative estimate of drug-likeness (QED) is 0.495. The Morgan fingerprint density at radius 2 is 2.08 bits per heavy atom. The van der Waals surface area contributed by atoms with Gasteiger partial charge in [-0.3, -0.25) is 4.79 Å². The summed E-state index contributed by atoms with van der Waals surface area (Å²) in [6.07, 6.45) is 7.97. The monoisotopic (exact) mass is 160 g/mol. The molecule has 0 aromatic rings. The van der Waals surface area contributed by atoms with Gasteiger partial charge in [0.25, 0.3) is 0 Å². The molecule has 0 aromatic heterocycles. The van der Waals surface area contributed by atoms with Crippen LogP contribution in [0.5, 0.6) is 0 Å². The number of Topliss-reactive ketones (excluding diaryl/α,β-unsaturated/α-hetero) is 1. The van der Waals surface area contributed by atoms with Crippen LogP contribution in [-0.4, -0.2) is 5.78 Å². The molecule has 3 aliphatic carbocycles. The number of carbonyl (C=O) groups excluding carboxylic acids is 1. The van der Waals surface area contributed by atoms with E-state index in [9.17, 15) is 4.79 Å². The summed E-state index contributed by atoms with van der Waals surface area (Å²) >= 11 is 0. The number of hydrogen-bond acceptors (Lipinski definition) is 1. The fourth-order valence-corrected chi connectivity index (χ4v) is 3.09. The smallest absolute Gasteiger partial charge is 0.162 e. The molecule has 1 heteroatoms. The molecule has 0 spiro atoms. The lowest BCUT2D eigenvalue weighted by atomic mass is 9.85. The van der Waals surface area contributed by atoms with Gasteiger partial charge in [-0.2, -0.15) is 0 Å². The van der Waals surface area contributed by atoms with Gasteiger partial charge in [-0.05, 0) is 36.7 Å². The molecule has 0 radical (unpaired) electrons. The lowest BCUT2D eigenvalue weighted by molar-refractivity contribution is -0.119. The Morgan fingerprint density at radius 1 is 1.33 bits per heavy atom. The van der Waals surface area contributed by atoms with Crippen LogP contribution in [0.2, 0.25) is 0 Å². The first-order valence-corrected chi connectivity index (χ1v) is 4.68. The molecule has 12 heavy (non-hydrogen) atoms. The molecule has 0 aromatic carbocycles. The van der Waals surface area contributed by atoms with E-state index in [1.165, 1.54) is 6.42 Å². The van der Waals surface area contributed by atoms with Crippen molar-refractivity contribution >= 4 is 5.78 Å². The van der Waals surface area contributed by atoms with Crippen molar-refractivity contribution in [2.24, 2.45) is 23.7 Å². The highest BCUT2D eigenvalue weighted by atomic mass is 16.1. The standard InChI is InChI=1S/C11H12O/c1-6-4-9-7-2-3-8(5-7)10(9)11(6)12/h2-4,7-10H,5H2,1H3/t7-,8+,9+,10-/m0/s1. The van der Waals surface area contributed by atoms with Crippen LogP contribution in [0.1, 0.15) is 13.3 Å². The third-order valence-corrected chi connectivity index (χ3v) is 3.65. The van der Waals surface area contributed by atoms with Crippen LogP contribution in [-0.2, 0) is 4.79 Å². The van der Waals surface area contributed by atoms with Gasteiger partial charge in [-0.1, -0.05) is 18.2 Å². The van der Waals surface area contributed by atoms with Crippen molar-refractivity contribution in [3.8, 4) is 0 Å². The van der Waals surface area contributed by atoms with Crippen molar-refractivity contribution in [1.29, 1.82) is 0 Å². The van der Waals surface area contributed by atoms with Crippen molar-refractivity contribution in [2.45, 2.75) is 13.3 Å². The maximum absolute atomic E-state index is 11.7. The van der Waals surface area contributed by atoms with Crippen LogP contribution >= 0.6 is 0 Å². The second-order valence-corrected chi connectivity index (χ2v) is 4.27. The first-order chi connectivity index (χ1) is 5.77. The summed E-state index contributed by atoms with van der Waals surface area (Å²) in [4.78, 5) is 11.7. The molecule has 0 saturated heterocycles. The van der Waals surface area contributed by atoms with Crippen LogP contribution in [0.3, 0.4) is 0 Å². The summed E-state index contributed by atoms with van der Waals surface area (Å²) in [7, 11) is 0. The number of carbonyl (C=O) groups is 1. The van der Waals surface area contributed by atoms with E-state index in [2.05, 4.69) is 18.2 Å². The maximum atomic E-state index is 11.7. The third-order valence-electron chi connectivity index (χ3n) is 3.65. The average molecular weight is 160 g/mol. The molecule has 4 atom stereocenters. The molecular weight excluding hydrogens is 148 g/mol. The summed E-state index contributed by atoms with van der Waals surface area (Å²) in [5.74, 6) is 2.56. The van der Waals surface area contributed by atoms with Gasteiger partial charge in [0.15, 0.2) is 5.78 Å². The fraction of sp³-hybridized carbons (Fsp3) is 0.545. The number of allylic oxidation sites excluding steroid dienone is 4. The number of ketones is 1. The fourth-order valence-electron chi connectivity index (χ4n) is 3.09. The molecule has 1 nitrogen and oxygen atoms in total. The van der Waals surface area contributed by atoms with Crippen molar-refractivity contribution in [3.63, 3.8) is 0 Å². The molecule has 1 saturated carbocycles. The van der Waals surface area contributed by atoms with Gasteiger partial charge >= 0.3 is 0 Å². The predicted octanol–water partition coefficient (Wildman–Crippen LogP) is 1.95. The van der Waals surface area contributed by atoms with Gasteiger partial charge < -0.3 is 0 Å². The Hall–Kier alpha value is -0.850. The van der Waals surface area contributed by atoms with Crippen molar-refractivity contribution in [1.82, 2.24) is 0 Å². The minimum absolute atomic E-state index is 0.333. The van der Waals surface area contributed by atoms with Gasteiger partial charge in [-0.15, -0.1) is 0 Å². The van der Waals surface area contributed by atoms with E-state index in [0.29, 0.717) is 29.5 Å². The molecule has 3 aliphatic rings. The highest BCUT2D eigenvalue weighted by Gasteiger charge is 2.50. The zero-order chi connectivity index (χ0) is 8.29. The number of rotatable bonds is 0. The van der Waals surface area contributed by atoms with Crippen molar-refractivity contribution in [2.75, 3.05) is 0 Å². The van der Waals surface area contributed by atoms with E-state index >= 15 is 0 Å². The van der Waals surface area contributed by atoms with Gasteiger partial charge in [0.1, 0.15) is 0 Å². The molecule has 0 unspecified atom stereocenters. The zero-order valence-corrected chi connectivity index (χ0v) is 7.16. The van der Waals surface area contributed by atoms with Crippen LogP contribution in [0.25, 0.3) is 0 Å². The SMILES string of the molecule is CC1=C[C@H]2[C@@H](C1=O)[C@@H]1C=C[C@H]2C1. The molecular formula is C11H12O. The van der Waals surface area contributed by atoms with Gasteiger partial charge in [0, 0.05) is 5.92 Å². The van der Waals surface area contributed by atoms with E-state index in [1.807, 2.05) is 6.92 Å². The Labute approximate surface area is 72.2 Å². The van der Waals surface area contributed by atoms with Gasteiger partial charge in [0.2, 0.25) is 0 Å². The minimum atomic E-state index is 0.333. The van der Waals surface area contributed by atoms with E-state index in [4.69, 9.17) is 0 Å². The maximum Gasteiger partial charge on any atom is 0.162 e. The zero-order valence-electron chi connectivity index (χ0n) is 7.16. The van der Waals surface area contributed by atoms with Crippen molar-refractivity contribution < 1.29 is 4.79 Å². The van der Waals surface area contributed by atoms with Gasteiger partial charge in [0.05, 0.1) is 0 Å². The highest BCUT2D eigenvalue weighted by molar-refractivity contribution is 6.00. The lowest BCUT2D eigenvalue weighted by Crippen LogP contribution is -2.20. The molecule has 0 N–H and O–H groups in total. The second-order valence-electron chi connectivity index (χ2n) is 4.27. The Kier molecular flexibility index (Phi) is 1.05. The third kappa shape index (κ3) is 0.588. The Morgan fingerprint density at radius 3 is 2.83 bits per heavy atom. The summed E-state index contributed by atoms with van der Waals surface area (Å²) in [5.41, 5.74) is 1.00. The number of fused-ring (bicyclic) bond motifs is 5. The topological polar surface area (TPSA) is 17.1 Å². The Balaban J connectivity index is 2.07. The van der Waals surface area contributed by atoms with E-state index in [0.717, 1.165) is 5.57 Å². The summed E-state index contributed by atoms with van der Waals surface area (Å²) < 4.78 is 0. The molecule has 1 fully saturated rings. The van der Waals surface area contributed by atoms with E-state index < -0.39 is 0 Å². The minimum Gasteiger partial charge on any atom is -0.294 e. The van der Waals surface area contributed by atoms with E-state index in [-0.39, 0.29) is 0 Å². The molecule has 0 aliphatic heterocycles. The molecule has 3 rings (SSSR count). The normalized spacial score (nSPS) is 48.4. The van der Waals surface area contributed by atoms with E-state index in [1.54, 1.807) is 0 Å². The molecule has 2 bridgehead atoms. The average Bonchev–Trinajstić information content (AvgIpc) is 2.66. The lowest BCUT2D eigenvalue weighted by Gasteiger charge is -2.17. The molecule has 0 heterocycles. The van der Waals surface area contributed by atoms with Crippen LogP contribution in [0.15, 0.2) is 23.8 Å². The molecule has 0 amide bonds. The number of hydrogen-bond donors (Lipinski definition) is 0. The Bertz CT molecular complexity index is 311. The first-order valence-electron chi connectivity index (χ1n) is 4.68. The van der Waals surface area contributed by atoms with Crippen LogP contribution in [0, 0.1) is 23.7 Å².